The third kappa shape index (κ3) is 6.15. The fourth-order valence-corrected chi connectivity index (χ4v) is 4.56. The Bertz CT molecular complexity index is 897. The number of hydrogen-bond acceptors (Lipinski definition) is 4. The lowest BCUT2D eigenvalue weighted by Gasteiger charge is -2.36. The van der Waals surface area contributed by atoms with Crippen molar-refractivity contribution < 1.29 is 9.59 Å². The zero-order chi connectivity index (χ0) is 22.2. The summed E-state index contributed by atoms with van der Waals surface area (Å²) in [7, 11) is 0. The summed E-state index contributed by atoms with van der Waals surface area (Å²) in [6.45, 7) is 6.44. The molecule has 168 valence electrons. The van der Waals surface area contributed by atoms with E-state index in [0.717, 1.165) is 64.2 Å². The molecule has 0 saturated carbocycles. The minimum absolute atomic E-state index is 0.0798. The van der Waals surface area contributed by atoms with Crippen LogP contribution < -0.4 is 0 Å². The van der Waals surface area contributed by atoms with E-state index in [1.807, 2.05) is 53.4 Å². The Balaban J connectivity index is 1.16. The first kappa shape index (κ1) is 22.4. The topological polar surface area (TPSA) is 43.9 Å². The van der Waals surface area contributed by atoms with Crippen molar-refractivity contribution in [3.05, 3.63) is 77.9 Å². The monoisotopic (exact) mass is 431 g/mol. The molecule has 0 bridgehead atoms. The van der Waals surface area contributed by atoms with Gasteiger partial charge in [0.15, 0.2) is 5.78 Å². The average Bonchev–Trinajstić information content (AvgIpc) is 2.86. The highest BCUT2D eigenvalue weighted by atomic mass is 16.2. The summed E-state index contributed by atoms with van der Waals surface area (Å²) in [4.78, 5) is 32.1. The van der Waals surface area contributed by atoms with Crippen molar-refractivity contribution in [2.24, 2.45) is 5.92 Å². The summed E-state index contributed by atoms with van der Waals surface area (Å²) >= 11 is 0. The van der Waals surface area contributed by atoms with Crippen molar-refractivity contribution in [3.8, 4) is 0 Å². The van der Waals surface area contributed by atoms with Gasteiger partial charge in [0.2, 0.25) is 5.91 Å². The molecule has 32 heavy (non-hydrogen) atoms. The smallest absolute Gasteiger partial charge is 0.236 e. The van der Waals surface area contributed by atoms with Crippen molar-refractivity contribution in [2.45, 2.75) is 12.8 Å². The second kappa shape index (κ2) is 11.2. The standard InChI is InChI=1S/C27H33N3O2/c31-26(22-29-16-13-25(14-17-29)27(32)24-11-5-2-6-12-24)30-20-18-28(19-21-30)15-7-10-23-8-3-1-4-9-23/h1-12,25H,13-22H2/b10-7+. The maximum atomic E-state index is 12.8. The lowest BCUT2D eigenvalue weighted by molar-refractivity contribution is -0.134. The second-order valence-corrected chi connectivity index (χ2v) is 8.78. The molecule has 2 aromatic rings. The Morgan fingerprint density at radius 2 is 1.41 bits per heavy atom. The molecule has 2 aliphatic heterocycles. The number of Topliss-reactive ketones (excluding diaryl/α,β-unsaturated/α-hetero) is 1. The fourth-order valence-electron chi connectivity index (χ4n) is 4.56. The molecule has 1 amide bonds. The molecular weight excluding hydrogens is 398 g/mol. The van der Waals surface area contributed by atoms with E-state index in [-0.39, 0.29) is 17.6 Å². The van der Waals surface area contributed by atoms with Gasteiger partial charge in [0.05, 0.1) is 6.54 Å². The van der Waals surface area contributed by atoms with Crippen molar-refractivity contribution in [1.82, 2.24) is 14.7 Å². The average molecular weight is 432 g/mol. The van der Waals surface area contributed by atoms with Crippen molar-refractivity contribution >= 4 is 17.8 Å². The lowest BCUT2D eigenvalue weighted by atomic mass is 9.89. The molecule has 0 aliphatic carbocycles. The van der Waals surface area contributed by atoms with Gasteiger partial charge in [-0.3, -0.25) is 19.4 Å². The number of benzene rings is 2. The number of piperazine rings is 1. The van der Waals surface area contributed by atoms with Crippen LogP contribution in [0.15, 0.2) is 66.7 Å². The van der Waals surface area contributed by atoms with E-state index in [0.29, 0.717) is 6.54 Å². The highest BCUT2D eigenvalue weighted by Crippen LogP contribution is 2.22. The van der Waals surface area contributed by atoms with Crippen LogP contribution in [0.3, 0.4) is 0 Å². The first-order valence-electron chi connectivity index (χ1n) is 11.7. The Labute approximate surface area is 191 Å². The SMILES string of the molecule is O=C(c1ccccc1)C1CCN(CC(=O)N2CCN(C/C=C/c3ccccc3)CC2)CC1. The van der Waals surface area contributed by atoms with Gasteiger partial charge in [-0.15, -0.1) is 0 Å². The van der Waals surface area contributed by atoms with Gasteiger partial charge in [-0.1, -0.05) is 72.8 Å². The van der Waals surface area contributed by atoms with Gasteiger partial charge in [0.1, 0.15) is 0 Å². The third-order valence-corrected chi connectivity index (χ3v) is 6.57. The molecule has 0 spiro atoms. The highest BCUT2D eigenvalue weighted by molar-refractivity contribution is 5.97. The molecule has 2 aromatic carbocycles. The van der Waals surface area contributed by atoms with Gasteiger partial charge < -0.3 is 4.90 Å². The number of likely N-dealkylation sites (tertiary alicyclic amines) is 1. The number of rotatable bonds is 7. The Morgan fingerprint density at radius 1 is 0.781 bits per heavy atom. The number of ketones is 1. The molecule has 2 fully saturated rings. The highest BCUT2D eigenvalue weighted by Gasteiger charge is 2.28. The van der Waals surface area contributed by atoms with Crippen LogP contribution in [0.1, 0.15) is 28.8 Å². The van der Waals surface area contributed by atoms with Crippen molar-refractivity contribution in [3.63, 3.8) is 0 Å². The Hall–Kier alpha value is -2.76. The molecule has 0 atom stereocenters. The van der Waals surface area contributed by atoms with Gasteiger partial charge in [-0.25, -0.2) is 0 Å². The van der Waals surface area contributed by atoms with E-state index in [9.17, 15) is 9.59 Å². The van der Waals surface area contributed by atoms with Gasteiger partial charge in [0.25, 0.3) is 0 Å². The molecule has 2 saturated heterocycles. The number of carbonyl (C=O) groups excluding carboxylic acids is 2. The maximum Gasteiger partial charge on any atom is 0.236 e. The van der Waals surface area contributed by atoms with E-state index in [1.54, 1.807) is 0 Å². The first-order valence-corrected chi connectivity index (χ1v) is 11.7. The number of piperidine rings is 1. The molecule has 0 aromatic heterocycles. The molecule has 2 aliphatic rings. The maximum absolute atomic E-state index is 12.8. The second-order valence-electron chi connectivity index (χ2n) is 8.78. The van der Waals surface area contributed by atoms with E-state index in [2.05, 4.69) is 34.1 Å². The predicted octanol–water partition coefficient (Wildman–Crippen LogP) is 3.44. The number of amides is 1. The third-order valence-electron chi connectivity index (χ3n) is 6.57. The first-order chi connectivity index (χ1) is 15.7. The number of carbonyl (C=O) groups is 2. The summed E-state index contributed by atoms with van der Waals surface area (Å²) in [5.41, 5.74) is 2.02. The van der Waals surface area contributed by atoms with Crippen LogP contribution in [0.5, 0.6) is 0 Å². The summed E-state index contributed by atoms with van der Waals surface area (Å²) < 4.78 is 0. The lowest BCUT2D eigenvalue weighted by Crippen LogP contribution is -2.51. The van der Waals surface area contributed by atoms with Crippen molar-refractivity contribution in [2.75, 3.05) is 52.4 Å². The van der Waals surface area contributed by atoms with Crippen LogP contribution in [0.25, 0.3) is 6.08 Å². The van der Waals surface area contributed by atoms with E-state index in [4.69, 9.17) is 0 Å². The molecule has 0 unspecified atom stereocenters. The number of hydrogen-bond donors (Lipinski definition) is 0. The summed E-state index contributed by atoms with van der Waals surface area (Å²) in [5.74, 6) is 0.544. The predicted molar refractivity (Wildman–Crippen MR) is 128 cm³/mol. The quantitative estimate of drug-likeness (QED) is 0.630. The van der Waals surface area contributed by atoms with Crippen LogP contribution in [-0.4, -0.2) is 78.7 Å². The Morgan fingerprint density at radius 3 is 2.06 bits per heavy atom. The molecule has 5 heteroatoms. The Kier molecular flexibility index (Phi) is 7.86. The summed E-state index contributed by atoms with van der Waals surface area (Å²) in [6.07, 6.45) is 6.03. The van der Waals surface area contributed by atoms with Crippen LogP contribution in [-0.2, 0) is 4.79 Å². The van der Waals surface area contributed by atoms with Gasteiger partial charge in [-0.05, 0) is 31.5 Å². The van der Waals surface area contributed by atoms with Crippen LogP contribution >= 0.6 is 0 Å². The van der Waals surface area contributed by atoms with Gasteiger partial charge >= 0.3 is 0 Å². The molecule has 5 nitrogen and oxygen atoms in total. The molecular formula is C27H33N3O2. The van der Waals surface area contributed by atoms with Gasteiger partial charge in [0, 0.05) is 44.2 Å². The largest absolute Gasteiger partial charge is 0.339 e. The van der Waals surface area contributed by atoms with Crippen molar-refractivity contribution in [1.29, 1.82) is 0 Å². The van der Waals surface area contributed by atoms with Crippen LogP contribution in [0.2, 0.25) is 0 Å². The van der Waals surface area contributed by atoms with E-state index >= 15 is 0 Å². The van der Waals surface area contributed by atoms with Gasteiger partial charge in [-0.2, -0.15) is 0 Å². The molecule has 0 N–H and O–H groups in total. The minimum atomic E-state index is 0.0798. The van der Waals surface area contributed by atoms with Crippen LogP contribution in [0, 0.1) is 5.92 Å². The number of nitrogens with zero attached hydrogens (tertiary/aromatic N) is 3. The van der Waals surface area contributed by atoms with Crippen LogP contribution in [0.4, 0.5) is 0 Å². The summed E-state index contributed by atoms with van der Waals surface area (Å²) in [6, 6.07) is 19.9. The zero-order valence-corrected chi connectivity index (χ0v) is 18.7. The van der Waals surface area contributed by atoms with E-state index < -0.39 is 0 Å². The van der Waals surface area contributed by atoms with E-state index in [1.165, 1.54) is 5.56 Å². The fraction of sp³-hybridized carbons (Fsp3) is 0.407. The summed E-state index contributed by atoms with van der Waals surface area (Å²) in [5, 5.41) is 0. The zero-order valence-electron chi connectivity index (χ0n) is 18.7. The molecule has 0 radical (unpaired) electrons. The minimum Gasteiger partial charge on any atom is -0.339 e. The molecule has 4 rings (SSSR count). The normalized spacial score (nSPS) is 18.8. The molecule has 2 heterocycles.